The van der Waals surface area contributed by atoms with Crippen molar-refractivity contribution in [1.29, 1.82) is 0 Å². The van der Waals surface area contributed by atoms with Gasteiger partial charge in [-0.2, -0.15) is 0 Å². The first-order chi connectivity index (χ1) is 28.4. The molecule has 0 unspecified atom stereocenters. The topological polar surface area (TPSA) is 9.23 Å². The summed E-state index contributed by atoms with van der Waals surface area (Å²) in [5.74, 6) is -46.4. The Bertz CT molecular complexity index is 2170. The molecule has 0 aliphatic rings. The Morgan fingerprint density at radius 1 is 0.355 bits per heavy atom. The molecule has 0 aliphatic carbocycles. The Kier molecular flexibility index (Phi) is 14.5. The van der Waals surface area contributed by atoms with E-state index in [0.29, 0.717) is 15.5 Å². The van der Waals surface area contributed by atoms with E-state index < -0.39 is 124 Å². The highest BCUT2D eigenvalue weighted by Crippen LogP contribution is 2.84. The van der Waals surface area contributed by atoms with Gasteiger partial charge >= 0.3 is 0 Å². The molecular formula is C44H41BF15OP. The molecule has 0 N–H and O–H groups in total. The molecule has 0 radical (unpaired) electrons. The van der Waals surface area contributed by atoms with E-state index in [-0.39, 0.29) is 5.56 Å². The normalized spacial score (nSPS) is 12.7. The number of hydrogen-bond acceptors (Lipinski definition) is 1. The van der Waals surface area contributed by atoms with Crippen molar-refractivity contribution < 1.29 is 70.5 Å². The minimum absolute atomic E-state index is 0.319. The smallest absolute Gasteiger partial charge is 0.217 e. The summed E-state index contributed by atoms with van der Waals surface area (Å²) < 4.78 is 225. The molecule has 18 heteroatoms. The molecule has 0 amide bonds. The molecule has 0 fully saturated rings. The van der Waals surface area contributed by atoms with Crippen LogP contribution in [0, 0.1) is 87.3 Å². The number of rotatable bonds is 8. The molecule has 0 aliphatic heterocycles. The van der Waals surface area contributed by atoms with Crippen LogP contribution in [0.5, 0.6) is 0 Å². The Labute approximate surface area is 349 Å². The van der Waals surface area contributed by atoms with Gasteiger partial charge in [0.1, 0.15) is 34.9 Å². The second kappa shape index (κ2) is 17.9. The molecule has 0 bridgehead atoms. The lowest BCUT2D eigenvalue weighted by molar-refractivity contribution is 0.300. The summed E-state index contributed by atoms with van der Waals surface area (Å²) in [5, 5.41) is 1.04. The lowest BCUT2D eigenvalue weighted by Crippen LogP contribution is -2.75. The zero-order valence-electron chi connectivity index (χ0n) is 34.8. The van der Waals surface area contributed by atoms with Gasteiger partial charge in [-0.3, -0.25) is 0 Å². The van der Waals surface area contributed by atoms with Crippen LogP contribution in [0.15, 0.2) is 60.7 Å². The molecule has 0 spiro atoms. The lowest BCUT2D eigenvalue weighted by Gasteiger charge is -2.54. The lowest BCUT2D eigenvalue weighted by atomic mass is 9.27. The summed E-state index contributed by atoms with van der Waals surface area (Å²) in [6, 6.07) is 16.7. The SMILES string of the molecule is CC(C)(C)[P+](Cc1ccccc1)(C(C)(C)C)C(C)(C)C.Fc1c(F)c(F)c([B-](OCc2ccccc2)(c2c(F)c(F)c(F)c(F)c2F)c2c(F)c(F)c(F)c(F)c2F)c(F)c1F. The van der Waals surface area contributed by atoms with Crippen LogP contribution in [-0.2, 0) is 17.4 Å². The van der Waals surface area contributed by atoms with E-state index in [9.17, 15) is 39.5 Å². The van der Waals surface area contributed by atoms with E-state index >= 15 is 26.3 Å². The molecule has 336 valence electrons. The first-order valence-electron chi connectivity index (χ1n) is 18.7. The maximum Gasteiger partial charge on any atom is 0.217 e. The van der Waals surface area contributed by atoms with Crippen molar-refractivity contribution in [1.82, 2.24) is 0 Å². The predicted molar refractivity (Wildman–Crippen MR) is 211 cm³/mol. The van der Waals surface area contributed by atoms with Gasteiger partial charge in [0.2, 0.25) is 6.35 Å². The third-order valence-corrected chi connectivity index (χ3v) is 18.7. The van der Waals surface area contributed by atoms with Crippen LogP contribution in [0.2, 0.25) is 0 Å². The summed E-state index contributed by atoms with van der Waals surface area (Å²) in [5.41, 5.74) is -7.29. The van der Waals surface area contributed by atoms with Crippen molar-refractivity contribution in [2.45, 2.75) is 90.6 Å². The molecule has 0 atom stereocenters. The van der Waals surface area contributed by atoms with Gasteiger partial charge in [0, 0.05) is 13.9 Å². The highest BCUT2D eigenvalue weighted by molar-refractivity contribution is 7.79. The van der Waals surface area contributed by atoms with Gasteiger partial charge in [-0.1, -0.05) is 77.1 Å². The fourth-order valence-electron chi connectivity index (χ4n) is 9.00. The van der Waals surface area contributed by atoms with Gasteiger partial charge in [0.25, 0.3) is 0 Å². The third-order valence-electron chi connectivity index (χ3n) is 11.0. The van der Waals surface area contributed by atoms with Crippen LogP contribution < -0.4 is 16.4 Å². The zero-order chi connectivity index (χ0) is 47.2. The summed E-state index contributed by atoms with van der Waals surface area (Å²) in [7, 11) is -1.27. The largest absolute Gasteiger partial charge is 0.575 e. The molecule has 0 saturated carbocycles. The van der Waals surface area contributed by atoms with E-state index in [1.807, 2.05) is 0 Å². The molecule has 5 aromatic rings. The monoisotopic (exact) mass is 912 g/mol. The van der Waals surface area contributed by atoms with Crippen LogP contribution in [0.4, 0.5) is 65.9 Å². The Morgan fingerprint density at radius 2 is 0.581 bits per heavy atom. The minimum Gasteiger partial charge on any atom is -0.575 e. The van der Waals surface area contributed by atoms with Gasteiger partial charge in [-0.05, 0) is 73.4 Å². The Morgan fingerprint density at radius 3 is 0.823 bits per heavy atom. The van der Waals surface area contributed by atoms with E-state index in [1.54, 1.807) is 0 Å². The fraction of sp³-hybridized carbons (Fsp3) is 0.318. The molecule has 5 rings (SSSR count). The summed E-state index contributed by atoms with van der Waals surface area (Å²) >= 11 is 0. The van der Waals surface area contributed by atoms with E-state index in [2.05, 4.69) is 92.6 Å². The van der Waals surface area contributed by atoms with Crippen LogP contribution in [0.25, 0.3) is 0 Å². The van der Waals surface area contributed by atoms with Gasteiger partial charge in [0.05, 0.1) is 21.6 Å². The molecular weight excluding hydrogens is 871 g/mol. The van der Waals surface area contributed by atoms with Crippen molar-refractivity contribution in [2.24, 2.45) is 0 Å². The molecule has 0 saturated heterocycles. The molecule has 1 nitrogen and oxygen atoms in total. The van der Waals surface area contributed by atoms with Crippen molar-refractivity contribution >= 4 is 30.0 Å². The highest BCUT2D eigenvalue weighted by atomic mass is 31.2. The minimum atomic E-state index is -6.04. The van der Waals surface area contributed by atoms with Crippen LogP contribution in [0.3, 0.4) is 0 Å². The van der Waals surface area contributed by atoms with Gasteiger partial charge in [-0.15, -0.1) is 0 Å². The van der Waals surface area contributed by atoms with Gasteiger partial charge in [-0.25, -0.2) is 65.9 Å². The number of benzene rings is 5. The van der Waals surface area contributed by atoms with Crippen molar-refractivity contribution in [3.8, 4) is 0 Å². The first kappa shape index (κ1) is 50.2. The molecule has 0 heterocycles. The molecule has 5 aromatic carbocycles. The fourth-order valence-corrected chi connectivity index (χ4v) is 17.2. The average Bonchev–Trinajstić information content (AvgIpc) is 3.20. The highest BCUT2D eigenvalue weighted by Gasteiger charge is 2.64. The van der Waals surface area contributed by atoms with E-state index in [1.165, 1.54) is 29.9 Å². The third kappa shape index (κ3) is 8.47. The summed E-state index contributed by atoms with van der Waals surface area (Å²) in [4.78, 5) is 0. The zero-order valence-corrected chi connectivity index (χ0v) is 35.7. The van der Waals surface area contributed by atoms with Crippen LogP contribution in [-0.4, -0.2) is 21.8 Å². The first-order valence-corrected chi connectivity index (χ1v) is 20.7. The maximum atomic E-state index is 15.3. The van der Waals surface area contributed by atoms with Crippen LogP contribution in [0.1, 0.15) is 73.4 Å². The average molecular weight is 913 g/mol. The van der Waals surface area contributed by atoms with E-state index in [4.69, 9.17) is 4.65 Å². The Balaban J connectivity index is 0.000000354. The molecule has 62 heavy (non-hydrogen) atoms. The standard InChI is InChI=1S/C25H7BF15O.C19H34P/c27-11-8(12(28)18(34)23(39)17(11)33)26(42-6-7-4-2-1-3-5-7,9-13(29)19(35)24(40)20(36)14(9)30)10-15(31)21(37)25(41)22(38)16(10)32;1-17(2,3)20(18(4,5)6,19(7,8)9)15-16-13-11-10-12-14-16/h1-5H,6H2;10-14H,15H2,1-9H3/q-1;+1. The van der Waals surface area contributed by atoms with Gasteiger partial charge in [0.15, 0.2) is 52.4 Å². The van der Waals surface area contributed by atoms with Crippen molar-refractivity contribution in [2.75, 3.05) is 0 Å². The van der Waals surface area contributed by atoms with Crippen molar-refractivity contribution in [3.05, 3.63) is 159 Å². The second-order valence-corrected chi connectivity index (χ2v) is 23.5. The second-order valence-electron chi connectivity index (χ2n) is 17.5. The maximum absolute atomic E-state index is 15.3. The summed E-state index contributed by atoms with van der Waals surface area (Å²) in [6.45, 7) is 20.7. The van der Waals surface area contributed by atoms with Crippen molar-refractivity contribution in [3.63, 3.8) is 0 Å². The quantitative estimate of drug-likeness (QED) is 0.0496. The number of hydrogen-bond donors (Lipinski definition) is 0. The van der Waals surface area contributed by atoms with Crippen LogP contribution >= 0.6 is 7.26 Å². The Hall–Kier alpha value is -4.50. The number of halogens is 15. The molecule has 0 aromatic heterocycles. The summed E-state index contributed by atoms with van der Waals surface area (Å²) in [6.07, 6.45) is -4.80. The predicted octanol–water partition coefficient (Wildman–Crippen LogP) is 12.6. The van der Waals surface area contributed by atoms with Gasteiger partial charge < -0.3 is 4.65 Å². The van der Waals surface area contributed by atoms with E-state index in [0.717, 1.165) is 12.1 Å².